The third-order valence-corrected chi connectivity index (χ3v) is 3.89. The molecule has 1 heterocycles. The van der Waals surface area contributed by atoms with E-state index < -0.39 is 11.5 Å². The number of aliphatic carboxylic acids is 1. The zero-order valence-corrected chi connectivity index (χ0v) is 13.3. The molecule has 1 aromatic rings. The Balaban J connectivity index is 2.40. The quantitative estimate of drug-likeness (QED) is 0.682. The van der Waals surface area contributed by atoms with Gasteiger partial charge in [0.25, 0.3) is 0 Å². The molecular weight excluding hydrogens is 307 g/mol. The number of alkyl halides is 1. The normalized spacial score (nSPS) is 20.6. The van der Waals surface area contributed by atoms with Gasteiger partial charge < -0.3 is 10.0 Å². The summed E-state index contributed by atoms with van der Waals surface area (Å²) in [6.07, 6.45) is 0.432. The van der Waals surface area contributed by atoms with Gasteiger partial charge in [0.2, 0.25) is 0 Å². The van der Waals surface area contributed by atoms with Crippen LogP contribution in [0.1, 0.15) is 25.8 Å². The standard InChI is InChI=1S/C16H18ClFN2O2/c1-3-19-15-14(16(21)22)10(2)7-13(17)20(15)9-11-5-4-6-12(18)8-11/h4-6,8,13H,3,7,9H2,1-2H3,(H,21,22). The molecule has 4 nitrogen and oxygen atoms in total. The predicted molar refractivity (Wildman–Crippen MR) is 84.5 cm³/mol. The molecule has 0 fully saturated rings. The van der Waals surface area contributed by atoms with Gasteiger partial charge in [0.15, 0.2) is 0 Å². The van der Waals surface area contributed by atoms with E-state index in [0.29, 0.717) is 30.9 Å². The van der Waals surface area contributed by atoms with E-state index in [1.165, 1.54) is 12.1 Å². The monoisotopic (exact) mass is 324 g/mol. The second kappa shape index (κ2) is 6.92. The van der Waals surface area contributed by atoms with Crippen molar-refractivity contribution in [2.75, 3.05) is 6.54 Å². The Bertz CT molecular complexity index is 643. The molecule has 1 atom stereocenters. The maximum Gasteiger partial charge on any atom is 0.339 e. The minimum atomic E-state index is -1.02. The van der Waals surface area contributed by atoms with Gasteiger partial charge in [-0.1, -0.05) is 29.3 Å². The molecule has 1 unspecified atom stereocenters. The van der Waals surface area contributed by atoms with Gasteiger partial charge in [-0.25, -0.2) is 9.18 Å². The molecule has 0 aromatic heterocycles. The second-order valence-corrected chi connectivity index (χ2v) is 5.66. The molecule has 1 aliphatic rings. The smallest absolute Gasteiger partial charge is 0.339 e. The Hall–Kier alpha value is -1.88. The average molecular weight is 325 g/mol. The molecule has 2 rings (SSSR count). The van der Waals surface area contributed by atoms with Crippen molar-refractivity contribution in [2.24, 2.45) is 4.99 Å². The molecular formula is C16H18ClFN2O2. The van der Waals surface area contributed by atoms with Gasteiger partial charge in [-0.15, -0.1) is 0 Å². The summed E-state index contributed by atoms with van der Waals surface area (Å²) in [6.45, 7) is 4.35. The van der Waals surface area contributed by atoms with Gasteiger partial charge in [0, 0.05) is 19.5 Å². The molecule has 6 heteroatoms. The highest BCUT2D eigenvalue weighted by molar-refractivity contribution is 6.26. The van der Waals surface area contributed by atoms with Crippen LogP contribution in [0.15, 0.2) is 40.4 Å². The van der Waals surface area contributed by atoms with Crippen LogP contribution >= 0.6 is 11.6 Å². The Labute approximate surface area is 133 Å². The number of rotatable bonds is 4. The first-order valence-corrected chi connectivity index (χ1v) is 7.50. The van der Waals surface area contributed by atoms with E-state index in [1.54, 1.807) is 24.0 Å². The minimum absolute atomic E-state index is 0.190. The molecule has 1 N–H and O–H groups in total. The number of aliphatic imine (C=N–C) groups is 1. The summed E-state index contributed by atoms with van der Waals surface area (Å²) in [5.41, 5.74) is 1.21. The molecule has 0 spiro atoms. The van der Waals surface area contributed by atoms with Crippen molar-refractivity contribution in [3.8, 4) is 0 Å². The van der Waals surface area contributed by atoms with Crippen LogP contribution < -0.4 is 0 Å². The summed E-state index contributed by atoms with van der Waals surface area (Å²) < 4.78 is 13.3. The van der Waals surface area contributed by atoms with Crippen LogP contribution in [0.3, 0.4) is 0 Å². The highest BCUT2D eigenvalue weighted by Gasteiger charge is 2.33. The van der Waals surface area contributed by atoms with Crippen LogP contribution in [-0.2, 0) is 11.3 Å². The maximum absolute atomic E-state index is 13.3. The molecule has 118 valence electrons. The lowest BCUT2D eigenvalue weighted by Crippen LogP contribution is -2.43. The summed E-state index contributed by atoms with van der Waals surface area (Å²) in [6, 6.07) is 6.18. The largest absolute Gasteiger partial charge is 0.478 e. The Kier molecular flexibility index (Phi) is 5.19. The average Bonchev–Trinajstić information content (AvgIpc) is 2.42. The highest BCUT2D eigenvalue weighted by Crippen LogP contribution is 2.29. The van der Waals surface area contributed by atoms with E-state index in [-0.39, 0.29) is 11.4 Å². The fraction of sp³-hybridized carbons (Fsp3) is 0.375. The lowest BCUT2D eigenvalue weighted by molar-refractivity contribution is -0.132. The number of amidine groups is 1. The summed E-state index contributed by atoms with van der Waals surface area (Å²) >= 11 is 6.39. The fourth-order valence-corrected chi connectivity index (χ4v) is 2.93. The third kappa shape index (κ3) is 3.47. The van der Waals surface area contributed by atoms with Crippen LogP contribution in [0.2, 0.25) is 0 Å². The van der Waals surface area contributed by atoms with Crippen molar-refractivity contribution in [1.82, 2.24) is 4.90 Å². The van der Waals surface area contributed by atoms with Crippen molar-refractivity contribution >= 4 is 23.4 Å². The Morgan fingerprint density at radius 2 is 2.27 bits per heavy atom. The van der Waals surface area contributed by atoms with E-state index in [9.17, 15) is 14.3 Å². The van der Waals surface area contributed by atoms with Crippen LogP contribution in [0.25, 0.3) is 0 Å². The van der Waals surface area contributed by atoms with E-state index in [2.05, 4.69) is 4.99 Å². The van der Waals surface area contributed by atoms with E-state index in [4.69, 9.17) is 11.6 Å². The predicted octanol–water partition coefficient (Wildman–Crippen LogP) is 3.42. The molecule has 0 aliphatic carbocycles. The van der Waals surface area contributed by atoms with Crippen LogP contribution in [0.4, 0.5) is 4.39 Å². The van der Waals surface area contributed by atoms with Gasteiger partial charge >= 0.3 is 5.97 Å². The first-order valence-electron chi connectivity index (χ1n) is 7.07. The van der Waals surface area contributed by atoms with E-state index in [1.807, 2.05) is 6.92 Å². The first-order chi connectivity index (χ1) is 10.4. The molecule has 0 saturated carbocycles. The van der Waals surface area contributed by atoms with Crippen LogP contribution in [0, 0.1) is 5.82 Å². The van der Waals surface area contributed by atoms with Gasteiger partial charge in [0.1, 0.15) is 22.7 Å². The number of benzene rings is 1. The van der Waals surface area contributed by atoms with Crippen LogP contribution in [0.5, 0.6) is 0 Å². The highest BCUT2D eigenvalue weighted by atomic mass is 35.5. The number of hydrogen-bond acceptors (Lipinski definition) is 2. The second-order valence-electron chi connectivity index (χ2n) is 5.15. The number of hydrogen-bond donors (Lipinski definition) is 1. The van der Waals surface area contributed by atoms with E-state index in [0.717, 1.165) is 5.56 Å². The van der Waals surface area contributed by atoms with Crippen molar-refractivity contribution in [1.29, 1.82) is 0 Å². The molecule has 0 saturated heterocycles. The molecule has 0 radical (unpaired) electrons. The summed E-state index contributed by atoms with van der Waals surface area (Å²) in [5, 5.41) is 9.45. The molecule has 0 amide bonds. The molecule has 1 aromatic carbocycles. The van der Waals surface area contributed by atoms with Gasteiger partial charge in [-0.2, -0.15) is 0 Å². The third-order valence-electron chi connectivity index (χ3n) is 3.50. The van der Waals surface area contributed by atoms with Gasteiger partial charge in [-0.3, -0.25) is 4.99 Å². The van der Waals surface area contributed by atoms with Crippen molar-refractivity contribution in [3.63, 3.8) is 0 Å². The Morgan fingerprint density at radius 1 is 1.55 bits per heavy atom. The first kappa shape index (κ1) is 16.5. The summed E-state index contributed by atoms with van der Waals surface area (Å²) in [4.78, 5) is 17.6. The molecule has 22 heavy (non-hydrogen) atoms. The summed E-state index contributed by atoms with van der Waals surface area (Å²) in [7, 11) is 0. The van der Waals surface area contributed by atoms with Crippen molar-refractivity contribution < 1.29 is 14.3 Å². The zero-order valence-electron chi connectivity index (χ0n) is 12.5. The lowest BCUT2D eigenvalue weighted by atomic mass is 9.99. The van der Waals surface area contributed by atoms with E-state index >= 15 is 0 Å². The lowest BCUT2D eigenvalue weighted by Gasteiger charge is -2.35. The maximum atomic E-state index is 13.3. The van der Waals surface area contributed by atoms with Crippen molar-refractivity contribution in [3.05, 3.63) is 46.8 Å². The number of halogens is 2. The van der Waals surface area contributed by atoms with Crippen LogP contribution in [-0.4, -0.2) is 33.9 Å². The topological polar surface area (TPSA) is 52.9 Å². The number of carboxylic acid groups (broad SMARTS) is 1. The number of nitrogens with zero attached hydrogens (tertiary/aromatic N) is 2. The minimum Gasteiger partial charge on any atom is -0.478 e. The molecule has 1 aliphatic heterocycles. The SMILES string of the molecule is CCN=C1C(C(=O)O)=C(C)CC(Cl)N1Cc1cccc(F)c1. The van der Waals surface area contributed by atoms with Crippen molar-refractivity contribution in [2.45, 2.75) is 32.3 Å². The molecule has 0 bridgehead atoms. The Morgan fingerprint density at radius 3 is 2.86 bits per heavy atom. The summed E-state index contributed by atoms with van der Waals surface area (Å²) in [5.74, 6) is -0.986. The van der Waals surface area contributed by atoms with Gasteiger partial charge in [-0.05, 0) is 31.5 Å². The number of carboxylic acids is 1. The fourth-order valence-electron chi connectivity index (χ4n) is 2.54. The van der Waals surface area contributed by atoms with Gasteiger partial charge in [0.05, 0.1) is 0 Å². The zero-order chi connectivity index (χ0) is 16.3. The number of carbonyl (C=O) groups is 1.